The van der Waals surface area contributed by atoms with Crippen molar-refractivity contribution in [2.24, 2.45) is 5.92 Å². The number of nitrogens with zero attached hydrogens (tertiary/aromatic N) is 2. The highest BCUT2D eigenvalue weighted by atomic mass is 35.5. The number of halogens is 1. The third-order valence-electron chi connectivity index (χ3n) is 2.88. The molecule has 2 heterocycles. The first-order valence-electron chi connectivity index (χ1n) is 5.56. The van der Waals surface area contributed by atoms with Crippen molar-refractivity contribution in [2.45, 2.75) is 13.0 Å². The van der Waals surface area contributed by atoms with E-state index in [0.717, 1.165) is 0 Å². The maximum atomic E-state index is 11.8. The lowest BCUT2D eigenvalue weighted by atomic mass is 10.1. The molecule has 0 N–H and O–H groups in total. The van der Waals surface area contributed by atoms with Crippen molar-refractivity contribution in [3.05, 3.63) is 29.0 Å². The molecular weight excluding hydrogens is 256 g/mol. The number of hydrogen-bond donors (Lipinski definition) is 0. The summed E-state index contributed by atoms with van der Waals surface area (Å²) in [5.74, 6) is -0.779. The topological polar surface area (TPSA) is 59.5 Å². The molecule has 1 aromatic rings. The molecule has 1 fully saturated rings. The van der Waals surface area contributed by atoms with Gasteiger partial charge in [0.2, 0.25) is 5.91 Å². The number of ether oxygens (including phenoxy) is 1. The number of carbonyl (C=O) groups excluding carboxylic acids is 2. The first-order valence-corrected chi connectivity index (χ1v) is 5.94. The number of likely N-dealkylation sites (tertiary alicyclic amines) is 1. The highest BCUT2D eigenvalue weighted by molar-refractivity contribution is 6.30. The number of aromatic nitrogens is 1. The van der Waals surface area contributed by atoms with Gasteiger partial charge in [0.05, 0.1) is 25.3 Å². The molecular formula is C12H13ClN2O3. The number of hydrogen-bond acceptors (Lipinski definition) is 4. The molecule has 0 aliphatic carbocycles. The van der Waals surface area contributed by atoms with E-state index in [1.807, 2.05) is 0 Å². The minimum atomic E-state index is -0.373. The highest BCUT2D eigenvalue weighted by Gasteiger charge is 2.35. The molecule has 0 aromatic carbocycles. The molecule has 1 amide bonds. The lowest BCUT2D eigenvalue weighted by Gasteiger charge is -2.15. The minimum absolute atomic E-state index is 0.0628. The average Bonchev–Trinajstić information content (AvgIpc) is 2.70. The molecule has 1 aromatic heterocycles. The van der Waals surface area contributed by atoms with Crippen LogP contribution in [0.4, 0.5) is 0 Å². The van der Waals surface area contributed by atoms with Crippen LogP contribution in [0.5, 0.6) is 0 Å². The van der Waals surface area contributed by atoms with E-state index in [4.69, 9.17) is 11.6 Å². The summed E-state index contributed by atoms with van der Waals surface area (Å²) in [5.41, 5.74) is 0.710. The van der Waals surface area contributed by atoms with Crippen LogP contribution in [0, 0.1) is 5.92 Å². The van der Waals surface area contributed by atoms with E-state index in [1.165, 1.54) is 7.11 Å². The fourth-order valence-corrected chi connectivity index (χ4v) is 2.16. The van der Waals surface area contributed by atoms with Gasteiger partial charge in [0.1, 0.15) is 0 Å². The van der Waals surface area contributed by atoms with Gasteiger partial charge in [-0.3, -0.25) is 14.6 Å². The van der Waals surface area contributed by atoms with Crippen molar-refractivity contribution < 1.29 is 14.3 Å². The predicted octanol–water partition coefficient (Wildman–Crippen LogP) is 1.26. The summed E-state index contributed by atoms with van der Waals surface area (Å²) in [6.45, 7) is 0.743. The molecule has 96 valence electrons. The fourth-order valence-electron chi connectivity index (χ4n) is 1.98. The number of rotatable bonds is 3. The van der Waals surface area contributed by atoms with Crippen LogP contribution < -0.4 is 0 Å². The van der Waals surface area contributed by atoms with Gasteiger partial charge in [-0.25, -0.2) is 0 Å². The molecule has 1 aliphatic rings. The first kappa shape index (κ1) is 12.8. The van der Waals surface area contributed by atoms with Gasteiger partial charge < -0.3 is 9.64 Å². The molecule has 6 heteroatoms. The molecule has 18 heavy (non-hydrogen) atoms. The van der Waals surface area contributed by atoms with Crippen molar-refractivity contribution in [1.29, 1.82) is 0 Å². The van der Waals surface area contributed by atoms with Crippen molar-refractivity contribution in [3.8, 4) is 0 Å². The smallest absolute Gasteiger partial charge is 0.310 e. The van der Waals surface area contributed by atoms with Gasteiger partial charge in [0.25, 0.3) is 0 Å². The Balaban J connectivity index is 2.02. The van der Waals surface area contributed by atoms with Gasteiger partial charge in [-0.05, 0) is 12.1 Å². The molecule has 0 saturated carbocycles. The van der Waals surface area contributed by atoms with Crippen molar-refractivity contribution in [2.75, 3.05) is 13.7 Å². The van der Waals surface area contributed by atoms with Gasteiger partial charge in [0.15, 0.2) is 0 Å². The summed E-state index contributed by atoms with van der Waals surface area (Å²) >= 11 is 5.85. The van der Waals surface area contributed by atoms with E-state index in [9.17, 15) is 9.59 Å². The third kappa shape index (κ3) is 2.79. The van der Waals surface area contributed by atoms with Gasteiger partial charge in [0, 0.05) is 24.2 Å². The summed E-state index contributed by atoms with van der Waals surface area (Å²) in [5, 5.41) is 0.580. The maximum Gasteiger partial charge on any atom is 0.310 e. The second kappa shape index (κ2) is 5.35. The van der Waals surface area contributed by atoms with E-state index >= 15 is 0 Å². The minimum Gasteiger partial charge on any atom is -0.469 e. The van der Waals surface area contributed by atoms with Crippen LogP contribution >= 0.6 is 11.6 Å². The molecule has 2 rings (SSSR count). The maximum absolute atomic E-state index is 11.8. The molecule has 1 aliphatic heterocycles. The largest absolute Gasteiger partial charge is 0.469 e. The predicted molar refractivity (Wildman–Crippen MR) is 64.8 cm³/mol. The van der Waals surface area contributed by atoms with Gasteiger partial charge in [-0.2, -0.15) is 0 Å². The molecule has 0 bridgehead atoms. The highest BCUT2D eigenvalue weighted by Crippen LogP contribution is 2.21. The Hall–Kier alpha value is -1.62. The lowest BCUT2D eigenvalue weighted by molar-refractivity contribution is -0.145. The summed E-state index contributed by atoms with van der Waals surface area (Å²) in [6.07, 6.45) is 1.79. The molecule has 0 spiro atoms. The monoisotopic (exact) mass is 268 g/mol. The van der Waals surface area contributed by atoms with Crippen LogP contribution in [0.15, 0.2) is 18.3 Å². The van der Waals surface area contributed by atoms with Gasteiger partial charge in [-0.1, -0.05) is 11.6 Å². The fraction of sp³-hybridized carbons (Fsp3) is 0.417. The third-order valence-corrected chi connectivity index (χ3v) is 3.12. The van der Waals surface area contributed by atoms with Crippen molar-refractivity contribution in [3.63, 3.8) is 0 Å². The zero-order valence-corrected chi connectivity index (χ0v) is 10.7. The molecule has 1 saturated heterocycles. The number of methoxy groups -OCH3 is 1. The van der Waals surface area contributed by atoms with Crippen molar-refractivity contribution >= 4 is 23.5 Å². The average molecular weight is 269 g/mol. The number of amides is 1. The van der Waals surface area contributed by atoms with Crippen molar-refractivity contribution in [1.82, 2.24) is 9.88 Å². The summed E-state index contributed by atoms with van der Waals surface area (Å²) < 4.78 is 4.65. The van der Waals surface area contributed by atoms with E-state index in [-0.39, 0.29) is 24.2 Å². The number of pyridine rings is 1. The Morgan fingerprint density at radius 1 is 1.67 bits per heavy atom. The van der Waals surface area contributed by atoms with Gasteiger partial charge in [-0.15, -0.1) is 0 Å². The van der Waals surface area contributed by atoms with Crippen LogP contribution in [0.2, 0.25) is 5.02 Å². The number of carbonyl (C=O) groups is 2. The molecule has 1 atom stereocenters. The summed E-state index contributed by atoms with van der Waals surface area (Å²) in [4.78, 5) is 28.9. The first-order chi connectivity index (χ1) is 8.60. The Morgan fingerprint density at radius 2 is 2.44 bits per heavy atom. The van der Waals surface area contributed by atoms with Crippen LogP contribution in [-0.2, 0) is 20.9 Å². The van der Waals surface area contributed by atoms with Crippen LogP contribution in [0.3, 0.4) is 0 Å². The van der Waals surface area contributed by atoms with E-state index in [1.54, 1.807) is 23.2 Å². The van der Waals surface area contributed by atoms with E-state index in [0.29, 0.717) is 23.8 Å². The standard InChI is InChI=1S/C12H13ClN2O3/c1-18-12(17)8-4-11(16)15(6-8)7-10-5-9(13)2-3-14-10/h2-3,5,8H,4,6-7H2,1H3. The van der Waals surface area contributed by atoms with Gasteiger partial charge >= 0.3 is 5.97 Å². The van der Waals surface area contributed by atoms with E-state index in [2.05, 4.69) is 9.72 Å². The SMILES string of the molecule is COC(=O)C1CC(=O)N(Cc2cc(Cl)ccn2)C1. The Labute approximate surface area is 110 Å². The Morgan fingerprint density at radius 3 is 3.11 bits per heavy atom. The summed E-state index contributed by atoms with van der Waals surface area (Å²) in [6, 6.07) is 3.38. The Bertz CT molecular complexity index is 478. The van der Waals surface area contributed by atoms with Crippen LogP contribution in [0.25, 0.3) is 0 Å². The van der Waals surface area contributed by atoms with Crippen LogP contribution in [0.1, 0.15) is 12.1 Å². The van der Waals surface area contributed by atoms with Crippen LogP contribution in [-0.4, -0.2) is 35.4 Å². The molecule has 5 nitrogen and oxygen atoms in total. The Kier molecular flexibility index (Phi) is 3.81. The zero-order valence-electron chi connectivity index (χ0n) is 9.93. The van der Waals surface area contributed by atoms with E-state index < -0.39 is 0 Å². The summed E-state index contributed by atoms with van der Waals surface area (Å²) in [7, 11) is 1.33. The lowest BCUT2D eigenvalue weighted by Crippen LogP contribution is -2.26. The quantitative estimate of drug-likeness (QED) is 0.775. The number of esters is 1. The zero-order chi connectivity index (χ0) is 13.1. The molecule has 1 unspecified atom stereocenters. The second-order valence-electron chi connectivity index (χ2n) is 4.16. The second-order valence-corrected chi connectivity index (χ2v) is 4.60. The normalized spacial score (nSPS) is 19.1. The molecule has 0 radical (unpaired) electrons.